The first-order chi connectivity index (χ1) is 4.97. The van der Waals surface area contributed by atoms with E-state index in [0.29, 0.717) is 0 Å². The molecule has 1 aromatic heterocycles. The summed E-state index contributed by atoms with van der Waals surface area (Å²) in [7, 11) is 0. The lowest BCUT2D eigenvalue weighted by atomic mass is 10.2. The maximum absolute atomic E-state index is 4.18. The van der Waals surface area contributed by atoms with Gasteiger partial charge in [-0.05, 0) is 23.8 Å². The largest absolute Gasteiger partial charge is 0.251 e. The molecule has 2 rings (SSSR count). The minimum absolute atomic E-state index is 1.12. The highest BCUT2D eigenvalue weighted by atomic mass is 32.2. The maximum atomic E-state index is 4.18. The van der Waals surface area contributed by atoms with Gasteiger partial charge in [0.2, 0.25) is 0 Å². The van der Waals surface area contributed by atoms with Crippen molar-refractivity contribution in [3.05, 3.63) is 29.6 Å². The van der Waals surface area contributed by atoms with E-state index < -0.39 is 0 Å². The van der Waals surface area contributed by atoms with Crippen molar-refractivity contribution >= 4 is 11.8 Å². The van der Waals surface area contributed by atoms with Crippen molar-refractivity contribution in [2.45, 2.75) is 12.2 Å². The second kappa shape index (κ2) is 2.62. The predicted octanol–water partition coefficient (Wildman–Crippen LogP) is 1.67. The van der Waals surface area contributed by atoms with Crippen LogP contribution in [0.2, 0.25) is 0 Å². The van der Waals surface area contributed by atoms with E-state index in [-0.39, 0.29) is 0 Å². The van der Waals surface area contributed by atoms with E-state index in [2.05, 4.69) is 17.2 Å². The van der Waals surface area contributed by atoms with Crippen molar-refractivity contribution in [3.63, 3.8) is 0 Å². The predicted molar refractivity (Wildman–Crippen MR) is 42.9 cm³/mol. The fraction of sp³-hybridized carbons (Fsp3) is 0.375. The molecule has 0 spiro atoms. The lowest BCUT2D eigenvalue weighted by Gasteiger charge is -2.12. The van der Waals surface area contributed by atoms with Gasteiger partial charge in [0.15, 0.2) is 0 Å². The van der Waals surface area contributed by atoms with Crippen molar-refractivity contribution in [1.82, 2.24) is 4.98 Å². The number of aromatic nitrogens is 1. The molecule has 51 valence electrons. The molecule has 1 nitrogen and oxygen atoms in total. The van der Waals surface area contributed by atoms with Crippen molar-refractivity contribution in [1.29, 1.82) is 0 Å². The second-order valence-corrected chi connectivity index (χ2v) is 3.45. The van der Waals surface area contributed by atoms with E-state index in [0.717, 1.165) is 12.2 Å². The van der Waals surface area contributed by atoms with Crippen LogP contribution in [0.25, 0.3) is 0 Å². The number of pyridine rings is 1. The van der Waals surface area contributed by atoms with E-state index in [4.69, 9.17) is 0 Å². The molecule has 0 saturated heterocycles. The van der Waals surface area contributed by atoms with Gasteiger partial charge in [-0.15, -0.1) is 0 Å². The molecular weight excluding hydrogens is 142 g/mol. The minimum Gasteiger partial charge on any atom is -0.251 e. The molecule has 1 aliphatic heterocycles. The summed E-state index contributed by atoms with van der Waals surface area (Å²) < 4.78 is 0. The molecule has 0 fully saturated rings. The van der Waals surface area contributed by atoms with Gasteiger partial charge in [-0.1, -0.05) is 6.07 Å². The molecule has 2 heteroatoms. The van der Waals surface area contributed by atoms with Crippen LogP contribution in [0.5, 0.6) is 0 Å². The molecule has 0 aromatic carbocycles. The Labute approximate surface area is 64.9 Å². The summed E-state index contributed by atoms with van der Waals surface area (Å²) in [5.74, 6) is 2.36. The number of rotatable bonds is 0. The summed E-state index contributed by atoms with van der Waals surface area (Å²) in [5, 5.41) is 0. The monoisotopic (exact) mass is 150 g/mol. The molecule has 1 aliphatic rings. The first kappa shape index (κ1) is 6.23. The lowest BCUT2D eigenvalue weighted by molar-refractivity contribution is 0.988. The zero-order valence-corrected chi connectivity index (χ0v) is 6.45. The summed E-state index contributed by atoms with van der Waals surface area (Å²) in [6.07, 6.45) is 3.98. The third-order valence-corrected chi connectivity index (χ3v) is 2.68. The van der Waals surface area contributed by atoms with Crippen LogP contribution in [0.15, 0.2) is 12.1 Å². The number of hydrogen-bond acceptors (Lipinski definition) is 2. The van der Waals surface area contributed by atoms with E-state index >= 15 is 0 Å². The van der Waals surface area contributed by atoms with Gasteiger partial charge < -0.3 is 0 Å². The Balaban J connectivity index is 2.41. The zero-order chi connectivity index (χ0) is 6.81. The topological polar surface area (TPSA) is 12.9 Å². The summed E-state index contributed by atoms with van der Waals surface area (Å²) in [5.41, 5.74) is 2.65. The first-order valence-electron chi connectivity index (χ1n) is 3.39. The van der Waals surface area contributed by atoms with Gasteiger partial charge in [0.25, 0.3) is 0 Å². The zero-order valence-electron chi connectivity index (χ0n) is 5.63. The Hall–Kier alpha value is -0.500. The quantitative estimate of drug-likeness (QED) is 0.558. The smallest absolute Gasteiger partial charge is 0.0889 e. The van der Waals surface area contributed by atoms with Gasteiger partial charge >= 0.3 is 0 Å². The van der Waals surface area contributed by atoms with E-state index in [9.17, 15) is 0 Å². The average Bonchev–Trinajstić information content (AvgIpc) is 2.05. The molecular formula is C8H8NS. The Bertz CT molecular complexity index is 209. The Morgan fingerprint density at radius 2 is 2.60 bits per heavy atom. The first-order valence-corrected chi connectivity index (χ1v) is 4.55. The van der Waals surface area contributed by atoms with Crippen molar-refractivity contribution < 1.29 is 0 Å². The van der Waals surface area contributed by atoms with Crippen LogP contribution in [0.1, 0.15) is 11.3 Å². The molecule has 0 atom stereocenters. The van der Waals surface area contributed by atoms with Gasteiger partial charge in [0.05, 0.1) is 6.20 Å². The number of hydrogen-bond donors (Lipinski definition) is 0. The van der Waals surface area contributed by atoms with Crippen LogP contribution < -0.4 is 0 Å². The Kier molecular flexibility index (Phi) is 1.63. The molecule has 0 amide bonds. The van der Waals surface area contributed by atoms with Crippen LogP contribution in [0, 0.1) is 6.20 Å². The van der Waals surface area contributed by atoms with Gasteiger partial charge in [-0.3, -0.25) is 4.98 Å². The summed E-state index contributed by atoms with van der Waals surface area (Å²) in [6, 6.07) is 4.01. The minimum atomic E-state index is 1.12. The Morgan fingerprint density at radius 3 is 3.50 bits per heavy atom. The summed E-state index contributed by atoms with van der Waals surface area (Å²) in [6.45, 7) is 0. The molecule has 1 aromatic rings. The normalized spacial score (nSPS) is 16.4. The highest BCUT2D eigenvalue weighted by Crippen LogP contribution is 2.21. The summed E-state index contributed by atoms with van der Waals surface area (Å²) >= 11 is 1.98. The molecule has 0 bridgehead atoms. The number of thioether (sulfide) groups is 1. The van der Waals surface area contributed by atoms with E-state index in [1.165, 1.54) is 17.0 Å². The number of aryl methyl sites for hydroxylation is 1. The van der Waals surface area contributed by atoms with Crippen molar-refractivity contribution in [2.75, 3.05) is 5.75 Å². The molecule has 10 heavy (non-hydrogen) atoms. The van der Waals surface area contributed by atoms with Crippen molar-refractivity contribution in [2.24, 2.45) is 0 Å². The third-order valence-electron chi connectivity index (χ3n) is 1.67. The SMILES string of the molecule is [c]1ccc2c(n1)CCSC2. The molecule has 0 unspecified atom stereocenters. The molecule has 2 heterocycles. The van der Waals surface area contributed by atoms with E-state index in [1.807, 2.05) is 17.8 Å². The van der Waals surface area contributed by atoms with Crippen LogP contribution >= 0.6 is 11.8 Å². The fourth-order valence-electron chi connectivity index (χ4n) is 1.12. The molecule has 0 N–H and O–H groups in total. The molecule has 0 aliphatic carbocycles. The average molecular weight is 150 g/mol. The van der Waals surface area contributed by atoms with Crippen LogP contribution in [-0.4, -0.2) is 10.7 Å². The molecule has 0 saturated carbocycles. The highest BCUT2D eigenvalue weighted by Gasteiger charge is 2.08. The van der Waals surface area contributed by atoms with Gasteiger partial charge in [0, 0.05) is 11.4 Å². The number of nitrogens with zero attached hydrogens (tertiary/aromatic N) is 1. The van der Waals surface area contributed by atoms with Crippen LogP contribution in [0.3, 0.4) is 0 Å². The van der Waals surface area contributed by atoms with Gasteiger partial charge in [-0.2, -0.15) is 11.8 Å². The standard InChI is InChI=1S/C8H8NS/c1-2-7-6-10-5-3-8(7)9-4-1/h1-2H,3,5-6H2. The van der Waals surface area contributed by atoms with Gasteiger partial charge in [0.1, 0.15) is 0 Å². The van der Waals surface area contributed by atoms with Crippen LogP contribution in [-0.2, 0) is 12.2 Å². The van der Waals surface area contributed by atoms with E-state index in [1.54, 1.807) is 0 Å². The lowest BCUT2D eigenvalue weighted by Crippen LogP contribution is -2.03. The fourth-order valence-corrected chi connectivity index (χ4v) is 2.08. The maximum Gasteiger partial charge on any atom is 0.0889 e. The second-order valence-electron chi connectivity index (χ2n) is 2.35. The number of fused-ring (bicyclic) bond motifs is 1. The molecule has 1 radical (unpaired) electrons. The summed E-state index contributed by atoms with van der Waals surface area (Å²) in [4.78, 5) is 4.18. The highest BCUT2D eigenvalue weighted by molar-refractivity contribution is 7.98. The van der Waals surface area contributed by atoms with Crippen molar-refractivity contribution in [3.8, 4) is 0 Å². The third kappa shape index (κ3) is 1.03. The van der Waals surface area contributed by atoms with Gasteiger partial charge in [-0.25, -0.2) is 0 Å². The van der Waals surface area contributed by atoms with Crippen LogP contribution in [0.4, 0.5) is 0 Å². The Morgan fingerprint density at radius 1 is 1.60 bits per heavy atom.